The molecule has 0 fully saturated rings. The van der Waals surface area contributed by atoms with Gasteiger partial charge in [-0.1, -0.05) is 60.1 Å². The van der Waals surface area contributed by atoms with E-state index in [2.05, 4.69) is 10.4 Å². The molecule has 0 aliphatic heterocycles. The van der Waals surface area contributed by atoms with Gasteiger partial charge in [-0.25, -0.2) is 9.48 Å². The van der Waals surface area contributed by atoms with Crippen molar-refractivity contribution < 1.29 is 14.7 Å². The molecule has 0 saturated heterocycles. The zero-order chi connectivity index (χ0) is 24.1. The zero-order valence-electron chi connectivity index (χ0n) is 18.1. The Morgan fingerprint density at radius 2 is 1.65 bits per heavy atom. The molecule has 0 radical (unpaired) electrons. The van der Waals surface area contributed by atoms with Crippen LogP contribution in [0.3, 0.4) is 0 Å². The van der Waals surface area contributed by atoms with Crippen LogP contribution in [-0.4, -0.2) is 31.8 Å². The molecule has 4 aromatic rings. The highest BCUT2D eigenvalue weighted by Crippen LogP contribution is 2.21. The minimum Gasteiger partial charge on any atom is -0.465 e. The summed E-state index contributed by atoms with van der Waals surface area (Å²) in [6.45, 7) is 0.303. The van der Waals surface area contributed by atoms with Crippen molar-refractivity contribution in [1.29, 1.82) is 0 Å². The first kappa shape index (κ1) is 22.9. The number of hydrogen-bond acceptors (Lipinski definition) is 4. The Hall–Kier alpha value is -4.30. The molecule has 0 saturated carbocycles. The van der Waals surface area contributed by atoms with Crippen LogP contribution in [-0.2, 0) is 13.1 Å². The Bertz CT molecular complexity index is 1310. The number of halogens is 1. The van der Waals surface area contributed by atoms with Gasteiger partial charge < -0.3 is 16.2 Å². The molecule has 3 aromatic carbocycles. The molecule has 1 heterocycles. The molecular formula is C25H22ClN5O3. The van der Waals surface area contributed by atoms with Crippen molar-refractivity contribution in [3.8, 4) is 5.69 Å². The fourth-order valence-electron chi connectivity index (χ4n) is 3.38. The maximum absolute atomic E-state index is 12.7. The zero-order valence-corrected chi connectivity index (χ0v) is 18.8. The van der Waals surface area contributed by atoms with Crippen LogP contribution in [0.25, 0.3) is 5.69 Å². The summed E-state index contributed by atoms with van der Waals surface area (Å²) in [6.07, 6.45) is 0.569. The van der Waals surface area contributed by atoms with Gasteiger partial charge in [0.25, 0.3) is 5.91 Å². The lowest BCUT2D eigenvalue weighted by Crippen LogP contribution is -2.28. The number of rotatable bonds is 7. The molecule has 34 heavy (non-hydrogen) atoms. The van der Waals surface area contributed by atoms with Crippen LogP contribution >= 0.6 is 11.6 Å². The van der Waals surface area contributed by atoms with Crippen molar-refractivity contribution in [2.24, 2.45) is 0 Å². The number of carbonyl (C=O) groups is 2. The number of amides is 2. The SMILES string of the molecule is Nc1cn(-c2ccccc2)nc1NC(=O)c1ccc(CN(Cc2ccccc2Cl)C(=O)O)cc1. The first-order valence-corrected chi connectivity index (χ1v) is 10.8. The van der Waals surface area contributed by atoms with Crippen molar-refractivity contribution in [2.75, 3.05) is 11.1 Å². The van der Waals surface area contributed by atoms with Gasteiger partial charge in [0, 0.05) is 17.1 Å². The number of aromatic nitrogens is 2. The normalized spacial score (nSPS) is 10.6. The predicted octanol–water partition coefficient (Wildman–Crippen LogP) is 5.04. The molecule has 0 atom stereocenters. The number of nitrogens with two attached hydrogens (primary N) is 1. The minimum absolute atomic E-state index is 0.150. The number of para-hydroxylation sites is 1. The van der Waals surface area contributed by atoms with Gasteiger partial charge in [0.05, 0.1) is 24.1 Å². The van der Waals surface area contributed by atoms with Gasteiger partial charge in [-0.15, -0.1) is 5.10 Å². The van der Waals surface area contributed by atoms with E-state index >= 15 is 0 Å². The van der Waals surface area contributed by atoms with Gasteiger partial charge in [-0.2, -0.15) is 0 Å². The van der Waals surface area contributed by atoms with Crippen LogP contribution in [0, 0.1) is 0 Å². The minimum atomic E-state index is -1.06. The molecule has 4 N–H and O–H groups in total. The summed E-state index contributed by atoms with van der Waals surface area (Å²) in [5, 5.41) is 17.2. The first-order chi connectivity index (χ1) is 16.4. The number of nitrogen functional groups attached to an aromatic ring is 1. The fraction of sp³-hybridized carbons (Fsp3) is 0.0800. The van der Waals surface area contributed by atoms with Crippen molar-refractivity contribution >= 4 is 35.1 Å². The van der Waals surface area contributed by atoms with Crippen LogP contribution in [0.4, 0.5) is 16.3 Å². The van der Waals surface area contributed by atoms with Crippen molar-refractivity contribution in [3.05, 3.63) is 107 Å². The Morgan fingerprint density at radius 1 is 0.971 bits per heavy atom. The number of nitrogens with one attached hydrogen (secondary N) is 1. The molecule has 0 aliphatic carbocycles. The predicted molar refractivity (Wildman–Crippen MR) is 131 cm³/mol. The van der Waals surface area contributed by atoms with Crippen LogP contribution in [0.15, 0.2) is 85.1 Å². The molecule has 9 heteroatoms. The molecular weight excluding hydrogens is 454 g/mol. The highest BCUT2D eigenvalue weighted by molar-refractivity contribution is 6.31. The highest BCUT2D eigenvalue weighted by Gasteiger charge is 2.16. The number of carbonyl (C=O) groups excluding carboxylic acids is 1. The summed E-state index contributed by atoms with van der Waals surface area (Å²) in [5.41, 5.74) is 9.02. The van der Waals surface area contributed by atoms with E-state index in [0.29, 0.717) is 16.3 Å². The van der Waals surface area contributed by atoms with E-state index < -0.39 is 6.09 Å². The van der Waals surface area contributed by atoms with Gasteiger partial charge in [0.15, 0.2) is 5.82 Å². The van der Waals surface area contributed by atoms with E-state index in [4.69, 9.17) is 17.3 Å². The quantitative estimate of drug-likeness (QED) is 0.346. The molecule has 0 bridgehead atoms. The Labute approximate surface area is 201 Å². The Morgan fingerprint density at radius 3 is 2.32 bits per heavy atom. The average Bonchev–Trinajstić information content (AvgIpc) is 3.21. The summed E-state index contributed by atoms with van der Waals surface area (Å²) in [7, 11) is 0. The summed E-state index contributed by atoms with van der Waals surface area (Å²) in [5.74, 6) is -0.113. The number of benzene rings is 3. The smallest absolute Gasteiger partial charge is 0.407 e. The van der Waals surface area contributed by atoms with Crippen LogP contribution in [0.1, 0.15) is 21.5 Å². The maximum Gasteiger partial charge on any atom is 0.407 e. The van der Waals surface area contributed by atoms with E-state index in [0.717, 1.165) is 16.8 Å². The monoisotopic (exact) mass is 475 g/mol. The topological polar surface area (TPSA) is 113 Å². The lowest BCUT2D eigenvalue weighted by atomic mass is 10.1. The highest BCUT2D eigenvalue weighted by atomic mass is 35.5. The third-order valence-electron chi connectivity index (χ3n) is 5.17. The first-order valence-electron chi connectivity index (χ1n) is 10.4. The molecule has 8 nitrogen and oxygen atoms in total. The summed E-state index contributed by atoms with van der Waals surface area (Å²) >= 11 is 6.17. The lowest BCUT2D eigenvalue weighted by Gasteiger charge is -2.20. The summed E-state index contributed by atoms with van der Waals surface area (Å²) in [4.78, 5) is 25.7. The molecule has 1 aromatic heterocycles. The second-order valence-electron chi connectivity index (χ2n) is 7.59. The second kappa shape index (κ2) is 10.1. The standard InChI is InChI=1S/C25H22ClN5O3/c26-21-9-5-4-6-19(21)15-30(25(33)34)14-17-10-12-18(13-11-17)24(32)28-23-22(27)16-31(29-23)20-7-2-1-3-8-20/h1-13,16H,14-15,27H2,(H,33,34)(H,28,29,32). The summed E-state index contributed by atoms with van der Waals surface area (Å²) < 4.78 is 1.59. The lowest BCUT2D eigenvalue weighted by molar-refractivity contribution is 0.102. The third kappa shape index (κ3) is 5.36. The maximum atomic E-state index is 12.7. The van der Waals surface area contributed by atoms with Crippen molar-refractivity contribution in [2.45, 2.75) is 13.1 Å². The Kier molecular flexibility index (Phi) is 6.79. The largest absolute Gasteiger partial charge is 0.465 e. The molecule has 0 spiro atoms. The van der Waals surface area contributed by atoms with Gasteiger partial charge in [-0.05, 0) is 41.5 Å². The number of nitrogens with zero attached hydrogens (tertiary/aromatic N) is 3. The molecule has 2 amide bonds. The van der Waals surface area contributed by atoms with E-state index in [-0.39, 0.29) is 24.8 Å². The number of anilines is 2. The molecule has 0 unspecified atom stereocenters. The van der Waals surface area contributed by atoms with Crippen LogP contribution < -0.4 is 11.1 Å². The fourth-order valence-corrected chi connectivity index (χ4v) is 3.58. The van der Waals surface area contributed by atoms with Gasteiger partial charge in [0.1, 0.15) is 0 Å². The molecule has 4 rings (SSSR count). The second-order valence-corrected chi connectivity index (χ2v) is 8.00. The van der Waals surface area contributed by atoms with E-state index in [1.807, 2.05) is 36.4 Å². The van der Waals surface area contributed by atoms with E-state index in [9.17, 15) is 14.7 Å². The van der Waals surface area contributed by atoms with Gasteiger partial charge >= 0.3 is 6.09 Å². The summed E-state index contributed by atoms with van der Waals surface area (Å²) in [6, 6.07) is 23.2. The van der Waals surface area contributed by atoms with Gasteiger partial charge in [0.2, 0.25) is 0 Å². The van der Waals surface area contributed by atoms with Crippen molar-refractivity contribution in [1.82, 2.24) is 14.7 Å². The van der Waals surface area contributed by atoms with E-state index in [1.165, 1.54) is 4.90 Å². The van der Waals surface area contributed by atoms with Crippen molar-refractivity contribution in [3.63, 3.8) is 0 Å². The Balaban J connectivity index is 1.43. The number of hydrogen-bond donors (Lipinski definition) is 3. The molecule has 172 valence electrons. The molecule has 0 aliphatic rings. The average molecular weight is 476 g/mol. The third-order valence-corrected chi connectivity index (χ3v) is 5.54. The number of carboxylic acid groups (broad SMARTS) is 1. The van der Waals surface area contributed by atoms with Crippen LogP contribution in [0.2, 0.25) is 5.02 Å². The van der Waals surface area contributed by atoms with Gasteiger partial charge in [-0.3, -0.25) is 9.69 Å². The van der Waals surface area contributed by atoms with E-state index in [1.54, 1.807) is 53.3 Å². The van der Waals surface area contributed by atoms with Crippen LogP contribution in [0.5, 0.6) is 0 Å².